The van der Waals surface area contributed by atoms with Crippen LogP contribution in [0.1, 0.15) is 65.9 Å². The van der Waals surface area contributed by atoms with E-state index in [0.29, 0.717) is 6.42 Å². The van der Waals surface area contributed by atoms with Crippen LogP contribution in [0.3, 0.4) is 0 Å². The van der Waals surface area contributed by atoms with Gasteiger partial charge in [-0.05, 0) is 45.1 Å². The van der Waals surface area contributed by atoms with E-state index >= 15 is 0 Å². The largest absolute Gasteiger partial charge is 0.480 e. The standard InChI is InChI=1S/C42H62N8O10/c1-9-32-39(55)49-35(40(56)57)27(5)37(53)47-30(16-13-21-45-42(43)44)38(54)46-29(26(4)36(52)48-31(41(58)60-8)19-20-34(51)50(32)6)18-17-24(2)22-25(3)33(59-7)23-28-14-11-10-12-15-28/h9-12,14-15,17-18,22,25-27,29-31,33,35H,13,16,19-21,23H2,1-8H3,(H,46,54)(H,47,53)(H,48,52)(H,49,55)(H,56,57)(H4,43,44,45)/b18-17+,24-22+,32-9?/t25-,26-,27-,29-,30-,31+,33-,35+/m0/s1. The molecular weight excluding hydrogens is 777 g/mol. The lowest BCUT2D eigenvalue weighted by molar-refractivity contribution is -0.146. The van der Waals surface area contributed by atoms with Gasteiger partial charge < -0.3 is 52.2 Å². The van der Waals surface area contributed by atoms with Crippen molar-refractivity contribution in [2.45, 2.75) is 97.0 Å². The molecule has 1 saturated heterocycles. The second kappa shape index (κ2) is 24.8. The minimum Gasteiger partial charge on any atom is -0.480 e. The molecule has 18 nitrogen and oxygen atoms in total. The number of esters is 1. The lowest BCUT2D eigenvalue weighted by Gasteiger charge is -2.28. The summed E-state index contributed by atoms with van der Waals surface area (Å²) in [6.07, 6.45) is 6.75. The van der Waals surface area contributed by atoms with Crippen molar-refractivity contribution < 1.29 is 48.1 Å². The Labute approximate surface area is 351 Å². The predicted molar refractivity (Wildman–Crippen MR) is 224 cm³/mol. The van der Waals surface area contributed by atoms with E-state index in [4.69, 9.17) is 20.9 Å². The lowest BCUT2D eigenvalue weighted by atomic mass is 9.94. The van der Waals surface area contributed by atoms with Gasteiger partial charge in [-0.15, -0.1) is 0 Å². The molecule has 0 radical (unpaired) electrons. The molecule has 1 heterocycles. The van der Waals surface area contributed by atoms with Crippen LogP contribution in [-0.4, -0.2) is 116 Å². The molecule has 60 heavy (non-hydrogen) atoms. The van der Waals surface area contributed by atoms with E-state index < -0.39 is 77.5 Å². The maximum Gasteiger partial charge on any atom is 0.328 e. The smallest absolute Gasteiger partial charge is 0.328 e. The van der Waals surface area contributed by atoms with Gasteiger partial charge in [0.05, 0.1) is 31.1 Å². The monoisotopic (exact) mass is 838 g/mol. The van der Waals surface area contributed by atoms with Crippen LogP contribution in [0.5, 0.6) is 0 Å². The normalized spacial score (nSPS) is 24.8. The van der Waals surface area contributed by atoms with Crippen LogP contribution in [0.15, 0.2) is 70.9 Å². The van der Waals surface area contributed by atoms with Crippen molar-refractivity contribution >= 4 is 47.4 Å². The number of carboxylic acid groups (broad SMARTS) is 1. The van der Waals surface area contributed by atoms with Gasteiger partial charge in [-0.25, -0.2) is 9.59 Å². The first-order valence-electron chi connectivity index (χ1n) is 19.8. The number of aliphatic carboxylic acids is 1. The number of carbonyl (C=O) groups is 7. The summed E-state index contributed by atoms with van der Waals surface area (Å²) in [6.45, 7) is 8.21. The summed E-state index contributed by atoms with van der Waals surface area (Å²) in [7, 11) is 4.05. The molecule has 1 aromatic rings. The number of hydrogen-bond acceptors (Lipinski definition) is 10. The second-order valence-corrected chi connectivity index (χ2v) is 14.8. The highest BCUT2D eigenvalue weighted by Gasteiger charge is 2.37. The number of carbonyl (C=O) groups excluding carboxylic acids is 6. The van der Waals surface area contributed by atoms with Crippen molar-refractivity contribution in [1.82, 2.24) is 26.2 Å². The fraction of sp³-hybridized carbons (Fsp3) is 0.524. The molecule has 1 aromatic carbocycles. The topological polar surface area (TPSA) is 274 Å². The summed E-state index contributed by atoms with van der Waals surface area (Å²) >= 11 is 0. The van der Waals surface area contributed by atoms with E-state index in [1.807, 2.05) is 50.3 Å². The number of nitrogens with one attached hydrogen (secondary N) is 4. The highest BCUT2D eigenvalue weighted by Crippen LogP contribution is 2.19. The highest BCUT2D eigenvalue weighted by molar-refractivity contribution is 6.00. The SMILES string of the molecule is CC=C1C(=O)N[C@@H](C(=O)O)[C@H](C)C(=O)N[C@@H](CCCN=C(N)N)C(=O)N[C@@H](/C=C/C(C)=C/[C@H](C)[C@H](Cc2ccccc2)OC)[C@H](C)C(=O)N[C@@H](C(=O)OC)CCC(=O)N1C. The molecular formula is C42H62N8O10. The van der Waals surface area contributed by atoms with E-state index in [2.05, 4.69) is 26.3 Å². The van der Waals surface area contributed by atoms with Crippen LogP contribution in [-0.2, 0) is 49.5 Å². The zero-order valence-corrected chi connectivity index (χ0v) is 35.7. The van der Waals surface area contributed by atoms with E-state index in [1.165, 1.54) is 33.9 Å². The van der Waals surface area contributed by atoms with E-state index in [1.54, 1.807) is 19.3 Å². The first-order chi connectivity index (χ1) is 28.3. The first-order valence-corrected chi connectivity index (χ1v) is 19.8. The molecule has 0 spiro atoms. The van der Waals surface area contributed by atoms with E-state index in [9.17, 15) is 38.7 Å². The zero-order chi connectivity index (χ0) is 45.1. The Kier molecular flexibility index (Phi) is 20.7. The third kappa shape index (κ3) is 15.6. The number of aliphatic imine (C=N–C) groups is 1. The van der Waals surface area contributed by atoms with Crippen molar-refractivity contribution in [1.29, 1.82) is 0 Å². The van der Waals surface area contributed by atoms with Gasteiger partial charge in [0.25, 0.3) is 5.91 Å². The van der Waals surface area contributed by atoms with Crippen LogP contribution in [0.25, 0.3) is 0 Å². The number of ether oxygens (including phenoxy) is 2. The van der Waals surface area contributed by atoms with Gasteiger partial charge in [-0.2, -0.15) is 0 Å². The molecule has 9 N–H and O–H groups in total. The number of carboxylic acids is 1. The van der Waals surface area contributed by atoms with Gasteiger partial charge >= 0.3 is 11.9 Å². The fourth-order valence-corrected chi connectivity index (χ4v) is 6.51. The Hall–Kier alpha value is -6.04. The second-order valence-electron chi connectivity index (χ2n) is 14.8. The molecule has 0 unspecified atom stereocenters. The predicted octanol–water partition coefficient (Wildman–Crippen LogP) is 1.06. The molecule has 5 amide bonds. The number of guanidine groups is 1. The lowest BCUT2D eigenvalue weighted by Crippen LogP contribution is -2.56. The summed E-state index contributed by atoms with van der Waals surface area (Å²) < 4.78 is 10.7. The molecule has 330 valence electrons. The molecule has 0 aromatic heterocycles. The molecule has 1 aliphatic rings. The summed E-state index contributed by atoms with van der Waals surface area (Å²) in [4.78, 5) is 98.7. The van der Waals surface area contributed by atoms with Gasteiger partial charge in [0.1, 0.15) is 23.8 Å². The third-order valence-corrected chi connectivity index (χ3v) is 10.3. The Morgan fingerprint density at radius 1 is 0.983 bits per heavy atom. The van der Waals surface area contributed by atoms with Crippen LogP contribution < -0.4 is 32.7 Å². The average Bonchev–Trinajstić information content (AvgIpc) is 3.21. The molecule has 8 atom stereocenters. The van der Waals surface area contributed by atoms with Gasteiger partial charge in [0, 0.05) is 33.0 Å². The number of nitrogens with two attached hydrogens (primary N) is 2. The highest BCUT2D eigenvalue weighted by atomic mass is 16.5. The average molecular weight is 839 g/mol. The zero-order valence-electron chi connectivity index (χ0n) is 35.7. The number of likely N-dealkylation sites (N-methyl/N-ethyl adjacent to an activating group) is 1. The maximum absolute atomic E-state index is 14.1. The maximum atomic E-state index is 14.1. The quantitative estimate of drug-likeness (QED) is 0.0367. The van der Waals surface area contributed by atoms with Crippen molar-refractivity contribution in [2.24, 2.45) is 34.2 Å². The fourth-order valence-electron chi connectivity index (χ4n) is 6.51. The molecule has 18 heteroatoms. The van der Waals surface area contributed by atoms with Crippen LogP contribution in [0.4, 0.5) is 0 Å². The van der Waals surface area contributed by atoms with Gasteiger partial charge in [-0.3, -0.25) is 29.0 Å². The van der Waals surface area contributed by atoms with Crippen LogP contribution >= 0.6 is 0 Å². The third-order valence-electron chi connectivity index (χ3n) is 10.3. The number of allylic oxidation sites excluding steroid dienone is 3. The molecule has 0 aliphatic carbocycles. The van der Waals surface area contributed by atoms with Crippen molar-refractivity contribution in [3.63, 3.8) is 0 Å². The molecule has 0 bridgehead atoms. The summed E-state index contributed by atoms with van der Waals surface area (Å²) in [5.41, 5.74) is 12.6. The minimum absolute atomic E-state index is 0.0154. The van der Waals surface area contributed by atoms with Crippen LogP contribution in [0, 0.1) is 17.8 Å². The van der Waals surface area contributed by atoms with Gasteiger partial charge in [0.2, 0.25) is 23.6 Å². The first kappa shape index (κ1) is 50.1. The Bertz CT molecular complexity index is 1790. The Balaban J connectivity index is 2.66. The summed E-state index contributed by atoms with van der Waals surface area (Å²) in [5, 5.41) is 20.5. The summed E-state index contributed by atoms with van der Waals surface area (Å²) in [5.74, 6) is -8.99. The van der Waals surface area contributed by atoms with Crippen molar-refractivity contribution in [3.8, 4) is 0 Å². The molecule has 2 rings (SSSR count). The van der Waals surface area contributed by atoms with Crippen LogP contribution in [0.2, 0.25) is 0 Å². The van der Waals surface area contributed by atoms with Crippen molar-refractivity contribution in [2.75, 3.05) is 27.8 Å². The minimum atomic E-state index is -1.79. The summed E-state index contributed by atoms with van der Waals surface area (Å²) in [6, 6.07) is 4.48. The number of amides is 5. The van der Waals surface area contributed by atoms with E-state index in [-0.39, 0.29) is 55.9 Å². The van der Waals surface area contributed by atoms with Gasteiger partial charge in [0.15, 0.2) is 5.96 Å². The number of methoxy groups -OCH3 is 2. The van der Waals surface area contributed by atoms with Crippen molar-refractivity contribution in [3.05, 3.63) is 71.5 Å². The Morgan fingerprint density at radius 3 is 2.22 bits per heavy atom. The molecule has 1 aliphatic heterocycles. The Morgan fingerprint density at radius 2 is 1.63 bits per heavy atom. The number of nitrogens with zero attached hydrogens (tertiary/aromatic N) is 2. The number of rotatable bonds is 13. The number of benzene rings is 1. The molecule has 0 saturated carbocycles. The molecule has 1 fully saturated rings. The van der Waals surface area contributed by atoms with Gasteiger partial charge in [-0.1, -0.05) is 81.0 Å². The van der Waals surface area contributed by atoms with E-state index in [0.717, 1.165) is 23.1 Å². The number of hydrogen-bond donors (Lipinski definition) is 7.